The lowest BCUT2D eigenvalue weighted by Gasteiger charge is -2.10. The van der Waals surface area contributed by atoms with E-state index in [1.807, 2.05) is 30.5 Å². The second-order valence-corrected chi connectivity index (χ2v) is 6.14. The summed E-state index contributed by atoms with van der Waals surface area (Å²) in [5.41, 5.74) is 9.30. The van der Waals surface area contributed by atoms with Crippen LogP contribution < -0.4 is 11.1 Å². The molecule has 116 valence electrons. The number of thioether (sulfide) groups is 1. The van der Waals surface area contributed by atoms with Crippen LogP contribution in [-0.4, -0.2) is 17.2 Å². The molecule has 0 atom stereocenters. The summed E-state index contributed by atoms with van der Waals surface area (Å²) >= 11 is 1.62. The third-order valence-corrected chi connectivity index (χ3v) is 3.91. The van der Waals surface area contributed by atoms with Gasteiger partial charge < -0.3 is 11.1 Å². The van der Waals surface area contributed by atoms with E-state index < -0.39 is 0 Å². The van der Waals surface area contributed by atoms with E-state index in [0.717, 1.165) is 16.3 Å². The molecule has 22 heavy (non-hydrogen) atoms. The molecule has 1 aromatic heterocycles. The zero-order valence-electron chi connectivity index (χ0n) is 13.2. The van der Waals surface area contributed by atoms with Crippen molar-refractivity contribution < 1.29 is 0 Å². The molecule has 2 rings (SSSR count). The van der Waals surface area contributed by atoms with E-state index in [0.29, 0.717) is 18.4 Å². The number of aromatic nitrogens is 1. The summed E-state index contributed by atoms with van der Waals surface area (Å²) in [6, 6.07) is 12.2. The average molecular weight is 314 g/mol. The van der Waals surface area contributed by atoms with Gasteiger partial charge in [-0.15, -0.1) is 11.8 Å². The van der Waals surface area contributed by atoms with Gasteiger partial charge in [0.2, 0.25) is 0 Å². The van der Waals surface area contributed by atoms with E-state index in [-0.39, 0.29) is 0 Å². The number of pyridine rings is 1. The predicted molar refractivity (Wildman–Crippen MR) is 95.5 cm³/mol. The van der Waals surface area contributed by atoms with Gasteiger partial charge in [-0.25, -0.2) is 9.98 Å². The Morgan fingerprint density at radius 2 is 2.14 bits per heavy atom. The SMILES string of the molecule is CSc1cc(CN=C(N)Nc2cccc(C(C)C)c2)ccn1. The highest BCUT2D eigenvalue weighted by molar-refractivity contribution is 7.98. The lowest BCUT2D eigenvalue weighted by molar-refractivity contribution is 0.867. The summed E-state index contributed by atoms with van der Waals surface area (Å²) in [6.07, 6.45) is 3.80. The van der Waals surface area contributed by atoms with Crippen molar-refractivity contribution in [2.45, 2.75) is 31.3 Å². The summed E-state index contributed by atoms with van der Waals surface area (Å²) < 4.78 is 0. The molecule has 0 fully saturated rings. The number of hydrogen-bond donors (Lipinski definition) is 2. The Labute approximate surface area is 136 Å². The van der Waals surface area contributed by atoms with E-state index >= 15 is 0 Å². The maximum atomic E-state index is 5.97. The highest BCUT2D eigenvalue weighted by Gasteiger charge is 2.01. The molecular weight excluding hydrogens is 292 g/mol. The molecule has 0 unspecified atom stereocenters. The number of benzene rings is 1. The molecule has 0 bridgehead atoms. The number of anilines is 1. The number of aliphatic imine (C=N–C) groups is 1. The lowest BCUT2D eigenvalue weighted by atomic mass is 10.0. The van der Waals surface area contributed by atoms with Crippen molar-refractivity contribution in [1.29, 1.82) is 0 Å². The van der Waals surface area contributed by atoms with Gasteiger partial charge in [-0.3, -0.25) is 0 Å². The largest absolute Gasteiger partial charge is 0.370 e. The number of hydrogen-bond acceptors (Lipinski definition) is 3. The Hall–Kier alpha value is -2.01. The number of rotatable bonds is 5. The molecule has 2 aromatic rings. The first-order valence-corrected chi connectivity index (χ1v) is 8.47. The molecule has 4 nitrogen and oxygen atoms in total. The van der Waals surface area contributed by atoms with Crippen molar-refractivity contribution in [2.24, 2.45) is 10.7 Å². The topological polar surface area (TPSA) is 63.3 Å². The van der Waals surface area contributed by atoms with E-state index in [4.69, 9.17) is 5.73 Å². The van der Waals surface area contributed by atoms with Crippen LogP contribution in [0, 0.1) is 0 Å². The molecule has 0 spiro atoms. The molecule has 0 amide bonds. The van der Waals surface area contributed by atoms with Crippen LogP contribution in [0.4, 0.5) is 5.69 Å². The minimum Gasteiger partial charge on any atom is -0.370 e. The van der Waals surface area contributed by atoms with Crippen LogP contribution in [0.1, 0.15) is 30.9 Å². The fourth-order valence-electron chi connectivity index (χ4n) is 2.00. The Kier molecular flexibility index (Phi) is 5.83. The summed E-state index contributed by atoms with van der Waals surface area (Å²) in [5.74, 6) is 0.908. The summed E-state index contributed by atoms with van der Waals surface area (Å²) in [6.45, 7) is 4.88. The highest BCUT2D eigenvalue weighted by Crippen LogP contribution is 2.18. The van der Waals surface area contributed by atoms with Crippen LogP contribution in [0.25, 0.3) is 0 Å². The minimum absolute atomic E-state index is 0.420. The van der Waals surface area contributed by atoms with Gasteiger partial charge in [-0.2, -0.15) is 0 Å². The third kappa shape index (κ3) is 4.77. The van der Waals surface area contributed by atoms with Gasteiger partial charge in [0, 0.05) is 11.9 Å². The Morgan fingerprint density at radius 1 is 1.32 bits per heavy atom. The summed E-state index contributed by atoms with van der Waals surface area (Å²) in [5, 5.41) is 4.13. The quantitative estimate of drug-likeness (QED) is 0.500. The van der Waals surface area contributed by atoms with Crippen LogP contribution in [0.5, 0.6) is 0 Å². The number of nitrogens with zero attached hydrogens (tertiary/aromatic N) is 2. The highest BCUT2D eigenvalue weighted by atomic mass is 32.2. The molecule has 0 radical (unpaired) electrons. The second kappa shape index (κ2) is 7.84. The van der Waals surface area contributed by atoms with Crippen molar-refractivity contribution in [1.82, 2.24) is 4.98 Å². The van der Waals surface area contributed by atoms with Crippen LogP contribution in [0.3, 0.4) is 0 Å². The summed E-state index contributed by atoms with van der Waals surface area (Å²) in [7, 11) is 0. The van der Waals surface area contributed by atoms with E-state index in [2.05, 4.69) is 41.3 Å². The maximum absolute atomic E-state index is 5.97. The number of nitrogens with one attached hydrogen (secondary N) is 1. The van der Waals surface area contributed by atoms with Gasteiger partial charge in [0.15, 0.2) is 5.96 Å². The summed E-state index contributed by atoms with van der Waals surface area (Å²) in [4.78, 5) is 8.63. The predicted octanol–water partition coefficient (Wildman–Crippen LogP) is 3.85. The van der Waals surface area contributed by atoms with Crippen LogP contribution in [0.2, 0.25) is 0 Å². The van der Waals surface area contributed by atoms with Gasteiger partial charge in [0.05, 0.1) is 11.6 Å². The van der Waals surface area contributed by atoms with Crippen molar-refractivity contribution in [3.63, 3.8) is 0 Å². The van der Waals surface area contributed by atoms with Gasteiger partial charge >= 0.3 is 0 Å². The van der Waals surface area contributed by atoms with Crippen LogP contribution >= 0.6 is 11.8 Å². The standard InChI is InChI=1S/C17H22N4S/c1-12(2)14-5-4-6-15(10-14)21-17(18)20-11-13-7-8-19-16(9-13)22-3/h4-10,12H,11H2,1-3H3,(H3,18,20,21). The number of nitrogens with two attached hydrogens (primary N) is 1. The Balaban J connectivity index is 2.02. The van der Waals surface area contributed by atoms with Crippen molar-refractivity contribution in [3.8, 4) is 0 Å². The smallest absolute Gasteiger partial charge is 0.193 e. The molecule has 3 N–H and O–H groups in total. The molecule has 0 aliphatic carbocycles. The molecular formula is C17H22N4S. The first-order chi connectivity index (χ1) is 10.6. The van der Waals surface area contributed by atoms with E-state index in [1.54, 1.807) is 18.0 Å². The van der Waals surface area contributed by atoms with E-state index in [9.17, 15) is 0 Å². The molecule has 5 heteroatoms. The molecule has 0 saturated carbocycles. The Bertz CT molecular complexity index is 653. The lowest BCUT2D eigenvalue weighted by Crippen LogP contribution is -2.22. The first kappa shape index (κ1) is 16.4. The van der Waals surface area contributed by atoms with Gasteiger partial charge in [-0.1, -0.05) is 26.0 Å². The molecule has 0 saturated heterocycles. The number of guanidine groups is 1. The molecule has 1 aromatic carbocycles. The third-order valence-electron chi connectivity index (χ3n) is 3.27. The fourth-order valence-corrected chi connectivity index (χ4v) is 2.44. The Morgan fingerprint density at radius 3 is 2.86 bits per heavy atom. The fraction of sp³-hybridized carbons (Fsp3) is 0.294. The van der Waals surface area contributed by atoms with Crippen molar-refractivity contribution >= 4 is 23.4 Å². The maximum Gasteiger partial charge on any atom is 0.193 e. The van der Waals surface area contributed by atoms with Crippen LogP contribution in [-0.2, 0) is 6.54 Å². The van der Waals surface area contributed by atoms with Gasteiger partial charge in [-0.05, 0) is 47.6 Å². The van der Waals surface area contributed by atoms with Crippen molar-refractivity contribution in [3.05, 3.63) is 53.7 Å². The van der Waals surface area contributed by atoms with Gasteiger partial charge in [0.1, 0.15) is 0 Å². The monoisotopic (exact) mass is 314 g/mol. The van der Waals surface area contributed by atoms with Crippen molar-refractivity contribution in [2.75, 3.05) is 11.6 Å². The van der Waals surface area contributed by atoms with Crippen LogP contribution in [0.15, 0.2) is 52.6 Å². The molecule has 0 aliphatic rings. The molecule has 0 aliphatic heterocycles. The second-order valence-electron chi connectivity index (χ2n) is 5.31. The van der Waals surface area contributed by atoms with Gasteiger partial charge in [0.25, 0.3) is 0 Å². The normalized spacial score (nSPS) is 11.7. The zero-order valence-corrected chi connectivity index (χ0v) is 14.0. The average Bonchev–Trinajstić information content (AvgIpc) is 2.53. The zero-order chi connectivity index (χ0) is 15.9. The first-order valence-electron chi connectivity index (χ1n) is 7.24. The molecule has 1 heterocycles. The van der Waals surface area contributed by atoms with E-state index in [1.165, 1.54) is 5.56 Å². The minimum atomic E-state index is 0.420.